The second-order valence-electron chi connectivity index (χ2n) is 5.34. The van der Waals surface area contributed by atoms with Gasteiger partial charge < -0.3 is 15.0 Å². The highest BCUT2D eigenvalue weighted by Crippen LogP contribution is 2.29. The summed E-state index contributed by atoms with van der Waals surface area (Å²) in [6, 6.07) is 8.92. The van der Waals surface area contributed by atoms with Crippen molar-refractivity contribution in [2.45, 2.75) is 6.92 Å². The first-order valence-corrected chi connectivity index (χ1v) is 8.44. The van der Waals surface area contributed by atoms with E-state index in [2.05, 4.69) is 5.32 Å². The van der Waals surface area contributed by atoms with Gasteiger partial charge in [0, 0.05) is 25.7 Å². The van der Waals surface area contributed by atoms with Crippen molar-refractivity contribution in [3.05, 3.63) is 57.8 Å². The van der Waals surface area contributed by atoms with Crippen molar-refractivity contribution in [1.82, 2.24) is 5.32 Å². The van der Waals surface area contributed by atoms with Crippen LogP contribution in [0, 0.1) is 5.82 Å². The maximum absolute atomic E-state index is 13.8. The quantitative estimate of drug-likeness (QED) is 0.801. The van der Waals surface area contributed by atoms with E-state index in [4.69, 9.17) is 27.9 Å². The van der Waals surface area contributed by atoms with E-state index in [1.54, 1.807) is 18.2 Å². The number of hydrogen-bond donors (Lipinski definition) is 1. The van der Waals surface area contributed by atoms with E-state index in [1.165, 1.54) is 31.1 Å². The van der Waals surface area contributed by atoms with Crippen LogP contribution in [0.3, 0.4) is 0 Å². The Bertz CT molecular complexity index is 810. The van der Waals surface area contributed by atoms with Crippen molar-refractivity contribution >= 4 is 40.7 Å². The number of halogens is 3. The number of carbonyl (C=O) groups is 2. The van der Waals surface area contributed by atoms with Crippen LogP contribution in [-0.2, 0) is 4.79 Å². The third kappa shape index (κ3) is 4.65. The highest BCUT2D eigenvalue weighted by molar-refractivity contribution is 6.34. The summed E-state index contributed by atoms with van der Waals surface area (Å²) in [7, 11) is 1.49. The molecule has 8 heteroatoms. The summed E-state index contributed by atoms with van der Waals surface area (Å²) < 4.78 is 18.8. The van der Waals surface area contributed by atoms with Gasteiger partial charge in [0.15, 0.2) is 0 Å². The minimum atomic E-state index is -0.708. The van der Waals surface area contributed by atoms with Crippen LogP contribution in [0.15, 0.2) is 36.4 Å². The highest BCUT2D eigenvalue weighted by atomic mass is 35.5. The molecular formula is C18H17Cl2FN2O3. The van der Waals surface area contributed by atoms with Crippen molar-refractivity contribution in [2.75, 3.05) is 25.1 Å². The zero-order valence-electron chi connectivity index (χ0n) is 14.2. The topological polar surface area (TPSA) is 58.6 Å². The van der Waals surface area contributed by atoms with Crippen LogP contribution in [0.25, 0.3) is 0 Å². The molecule has 0 fully saturated rings. The maximum atomic E-state index is 13.8. The van der Waals surface area contributed by atoms with E-state index >= 15 is 0 Å². The number of methoxy groups -OCH3 is 1. The Morgan fingerprint density at radius 1 is 1.19 bits per heavy atom. The van der Waals surface area contributed by atoms with Crippen LogP contribution in [-0.4, -0.2) is 32.0 Å². The Morgan fingerprint density at radius 3 is 2.50 bits per heavy atom. The number of nitrogens with zero attached hydrogens (tertiary/aromatic N) is 1. The van der Waals surface area contributed by atoms with E-state index in [0.29, 0.717) is 16.5 Å². The van der Waals surface area contributed by atoms with Crippen molar-refractivity contribution in [2.24, 2.45) is 0 Å². The number of rotatable bonds is 6. The molecule has 26 heavy (non-hydrogen) atoms. The molecule has 0 radical (unpaired) electrons. The number of benzene rings is 2. The summed E-state index contributed by atoms with van der Waals surface area (Å²) in [6.45, 7) is 1.68. The lowest BCUT2D eigenvalue weighted by Crippen LogP contribution is -2.37. The average Bonchev–Trinajstić information content (AvgIpc) is 2.58. The van der Waals surface area contributed by atoms with E-state index in [-0.39, 0.29) is 29.6 Å². The van der Waals surface area contributed by atoms with Gasteiger partial charge in [0.2, 0.25) is 5.91 Å². The van der Waals surface area contributed by atoms with Gasteiger partial charge in [0.25, 0.3) is 5.91 Å². The van der Waals surface area contributed by atoms with E-state index in [0.717, 1.165) is 6.07 Å². The first-order chi connectivity index (χ1) is 12.3. The van der Waals surface area contributed by atoms with E-state index in [9.17, 15) is 14.0 Å². The first-order valence-electron chi connectivity index (χ1n) is 7.69. The summed E-state index contributed by atoms with van der Waals surface area (Å²) >= 11 is 12.0. The molecule has 5 nitrogen and oxygen atoms in total. The predicted octanol–water partition coefficient (Wildman–Crippen LogP) is 3.92. The standard InChI is InChI=1S/C18H17Cl2FN2O3/c1-11(24)23(12-6-7-16(26-2)14(20)10-12)9-8-22-18(25)17-13(19)4-3-5-15(17)21/h3-7,10H,8-9H2,1-2H3,(H,22,25). The van der Waals surface area contributed by atoms with Crippen LogP contribution in [0.2, 0.25) is 10.0 Å². The number of anilines is 1. The van der Waals surface area contributed by atoms with Crippen LogP contribution in [0.4, 0.5) is 10.1 Å². The third-order valence-corrected chi connectivity index (χ3v) is 4.25. The SMILES string of the molecule is COc1ccc(N(CCNC(=O)c2c(F)cccc2Cl)C(C)=O)cc1Cl. The summed E-state index contributed by atoms with van der Waals surface area (Å²) in [5.74, 6) is -1.10. The zero-order valence-corrected chi connectivity index (χ0v) is 15.7. The summed E-state index contributed by atoms with van der Waals surface area (Å²) in [5.41, 5.74) is 0.331. The molecule has 0 aliphatic heterocycles. The molecule has 0 saturated carbocycles. The van der Waals surface area contributed by atoms with Gasteiger partial charge >= 0.3 is 0 Å². The van der Waals surface area contributed by atoms with Gasteiger partial charge in [-0.1, -0.05) is 29.3 Å². The Balaban J connectivity index is 2.07. The maximum Gasteiger partial charge on any atom is 0.255 e. The summed E-state index contributed by atoms with van der Waals surface area (Å²) in [5, 5.41) is 2.94. The smallest absolute Gasteiger partial charge is 0.255 e. The fourth-order valence-electron chi connectivity index (χ4n) is 2.38. The van der Waals surface area contributed by atoms with Crippen LogP contribution in [0.1, 0.15) is 17.3 Å². The third-order valence-electron chi connectivity index (χ3n) is 3.64. The number of hydrogen-bond acceptors (Lipinski definition) is 3. The molecule has 0 atom stereocenters. The molecule has 138 valence electrons. The highest BCUT2D eigenvalue weighted by Gasteiger charge is 2.17. The molecule has 0 spiro atoms. The molecule has 0 saturated heterocycles. The molecule has 0 aromatic heterocycles. The van der Waals surface area contributed by atoms with Gasteiger partial charge in [0.1, 0.15) is 11.6 Å². The predicted molar refractivity (Wildman–Crippen MR) is 99.8 cm³/mol. The molecule has 0 aliphatic carbocycles. The molecule has 2 aromatic carbocycles. The summed E-state index contributed by atoms with van der Waals surface area (Å²) in [4.78, 5) is 25.5. The van der Waals surface area contributed by atoms with Gasteiger partial charge in [-0.05, 0) is 30.3 Å². The Morgan fingerprint density at radius 2 is 1.92 bits per heavy atom. The molecule has 2 amide bonds. The lowest BCUT2D eigenvalue weighted by molar-refractivity contribution is -0.116. The van der Waals surface area contributed by atoms with Crippen LogP contribution < -0.4 is 15.0 Å². The number of nitrogens with one attached hydrogen (secondary N) is 1. The zero-order chi connectivity index (χ0) is 19.3. The molecule has 2 rings (SSSR count). The van der Waals surface area contributed by atoms with E-state index in [1.807, 2.05) is 0 Å². The minimum Gasteiger partial charge on any atom is -0.495 e. The summed E-state index contributed by atoms with van der Waals surface area (Å²) in [6.07, 6.45) is 0. The molecule has 0 aliphatic rings. The van der Waals surface area contributed by atoms with Gasteiger partial charge in [-0.2, -0.15) is 0 Å². The van der Waals surface area contributed by atoms with E-state index < -0.39 is 11.7 Å². The lowest BCUT2D eigenvalue weighted by Gasteiger charge is -2.22. The van der Waals surface area contributed by atoms with Crippen LogP contribution in [0.5, 0.6) is 5.75 Å². The fraction of sp³-hybridized carbons (Fsp3) is 0.222. The monoisotopic (exact) mass is 398 g/mol. The lowest BCUT2D eigenvalue weighted by atomic mass is 10.2. The Hall–Kier alpha value is -2.31. The van der Waals surface area contributed by atoms with Gasteiger partial charge in [0.05, 0.1) is 22.7 Å². The molecule has 2 aromatic rings. The van der Waals surface area contributed by atoms with Gasteiger partial charge in [-0.3, -0.25) is 9.59 Å². The van der Waals surface area contributed by atoms with Crippen molar-refractivity contribution in [3.8, 4) is 5.75 Å². The largest absolute Gasteiger partial charge is 0.495 e. The Labute approximate surface area is 160 Å². The second kappa shape index (κ2) is 8.87. The number of amides is 2. The van der Waals surface area contributed by atoms with Crippen LogP contribution >= 0.6 is 23.2 Å². The first kappa shape index (κ1) is 20.0. The molecule has 0 heterocycles. The molecule has 0 unspecified atom stereocenters. The fourth-order valence-corrected chi connectivity index (χ4v) is 2.88. The Kier molecular flexibility index (Phi) is 6.83. The molecular weight excluding hydrogens is 382 g/mol. The van der Waals surface area contributed by atoms with Crippen molar-refractivity contribution in [3.63, 3.8) is 0 Å². The minimum absolute atomic E-state index is 0.0212. The van der Waals surface area contributed by atoms with Gasteiger partial charge in [-0.15, -0.1) is 0 Å². The second-order valence-corrected chi connectivity index (χ2v) is 6.16. The number of carbonyl (C=O) groups excluding carboxylic acids is 2. The molecule has 1 N–H and O–H groups in total. The number of ether oxygens (including phenoxy) is 1. The average molecular weight is 399 g/mol. The van der Waals surface area contributed by atoms with Crippen molar-refractivity contribution in [1.29, 1.82) is 0 Å². The normalized spacial score (nSPS) is 10.3. The van der Waals surface area contributed by atoms with Gasteiger partial charge in [-0.25, -0.2) is 4.39 Å². The molecule has 0 bridgehead atoms. The van der Waals surface area contributed by atoms with Crippen molar-refractivity contribution < 1.29 is 18.7 Å².